The molecule has 2 N–H and O–H groups in total. The highest BCUT2D eigenvalue weighted by molar-refractivity contribution is 5.77. The van der Waals surface area contributed by atoms with E-state index in [-0.39, 0.29) is 0 Å². The zero-order valence-electron chi connectivity index (χ0n) is 12.6. The SMILES string of the molecule is Cc1ccc(-c2c(C3CCCC3C)nn(C)c2N)cc1. The van der Waals surface area contributed by atoms with Crippen molar-refractivity contribution in [2.45, 2.75) is 39.0 Å². The summed E-state index contributed by atoms with van der Waals surface area (Å²) in [5.74, 6) is 2.03. The second kappa shape index (κ2) is 4.97. The molecule has 0 saturated heterocycles. The number of benzene rings is 1. The van der Waals surface area contributed by atoms with Crippen LogP contribution >= 0.6 is 0 Å². The van der Waals surface area contributed by atoms with Crippen LogP contribution in [0.4, 0.5) is 5.82 Å². The van der Waals surface area contributed by atoms with Crippen molar-refractivity contribution in [1.29, 1.82) is 0 Å². The van der Waals surface area contributed by atoms with Crippen molar-refractivity contribution in [3.05, 3.63) is 35.5 Å². The third-order valence-corrected chi connectivity index (χ3v) is 4.67. The Morgan fingerprint density at radius 1 is 1.20 bits per heavy atom. The van der Waals surface area contributed by atoms with E-state index in [0.29, 0.717) is 11.8 Å². The third-order valence-electron chi connectivity index (χ3n) is 4.67. The Labute approximate surface area is 120 Å². The Kier molecular flexibility index (Phi) is 3.28. The van der Waals surface area contributed by atoms with E-state index in [1.165, 1.54) is 36.1 Å². The van der Waals surface area contributed by atoms with Crippen LogP contribution in [-0.2, 0) is 7.05 Å². The van der Waals surface area contributed by atoms with Crippen LogP contribution in [0.2, 0.25) is 0 Å². The molecule has 1 fully saturated rings. The van der Waals surface area contributed by atoms with E-state index in [4.69, 9.17) is 10.8 Å². The second-order valence-electron chi connectivity index (χ2n) is 6.15. The van der Waals surface area contributed by atoms with Crippen LogP contribution in [0.1, 0.15) is 43.4 Å². The maximum Gasteiger partial charge on any atom is 0.129 e. The summed E-state index contributed by atoms with van der Waals surface area (Å²) in [5, 5.41) is 4.73. The van der Waals surface area contributed by atoms with Crippen LogP contribution in [0.15, 0.2) is 24.3 Å². The molecule has 3 rings (SSSR count). The van der Waals surface area contributed by atoms with Gasteiger partial charge in [0.25, 0.3) is 0 Å². The van der Waals surface area contributed by atoms with Crippen LogP contribution in [0.3, 0.4) is 0 Å². The standard InChI is InChI=1S/C17H23N3/c1-11-7-9-13(10-8-11)15-16(19-20(3)17(15)18)14-6-4-5-12(14)2/h7-10,12,14H,4-6,18H2,1-3H3. The smallest absolute Gasteiger partial charge is 0.129 e. The van der Waals surface area contributed by atoms with E-state index in [1.807, 2.05) is 11.7 Å². The zero-order chi connectivity index (χ0) is 14.3. The molecule has 1 saturated carbocycles. The Morgan fingerprint density at radius 2 is 1.90 bits per heavy atom. The summed E-state index contributed by atoms with van der Waals surface area (Å²) in [6.45, 7) is 4.44. The van der Waals surface area contributed by atoms with Crippen LogP contribution in [0.5, 0.6) is 0 Å². The molecule has 1 aliphatic rings. The van der Waals surface area contributed by atoms with E-state index in [1.54, 1.807) is 0 Å². The van der Waals surface area contributed by atoms with Gasteiger partial charge in [0.1, 0.15) is 5.82 Å². The predicted octanol–water partition coefficient (Wildman–Crippen LogP) is 3.88. The van der Waals surface area contributed by atoms with Crippen molar-refractivity contribution in [2.24, 2.45) is 13.0 Å². The van der Waals surface area contributed by atoms with Crippen LogP contribution < -0.4 is 5.73 Å². The minimum atomic E-state index is 0.551. The molecule has 1 aromatic heterocycles. The van der Waals surface area contributed by atoms with Gasteiger partial charge < -0.3 is 5.73 Å². The summed E-state index contributed by atoms with van der Waals surface area (Å²) in [6, 6.07) is 8.60. The number of nitrogen functional groups attached to an aromatic ring is 1. The van der Waals surface area contributed by atoms with Gasteiger partial charge in [-0.2, -0.15) is 5.10 Å². The van der Waals surface area contributed by atoms with Gasteiger partial charge in [0.15, 0.2) is 0 Å². The van der Waals surface area contributed by atoms with Crippen molar-refractivity contribution < 1.29 is 0 Å². The van der Waals surface area contributed by atoms with Gasteiger partial charge >= 0.3 is 0 Å². The first-order chi connectivity index (χ1) is 9.58. The number of anilines is 1. The minimum absolute atomic E-state index is 0.551. The number of aromatic nitrogens is 2. The summed E-state index contributed by atoms with van der Waals surface area (Å²) in [6.07, 6.45) is 3.83. The normalized spacial score (nSPS) is 22.4. The molecule has 1 aromatic carbocycles. The van der Waals surface area contributed by atoms with E-state index < -0.39 is 0 Å². The molecule has 1 heterocycles. The largest absolute Gasteiger partial charge is 0.383 e. The molecular weight excluding hydrogens is 246 g/mol. The molecule has 0 aliphatic heterocycles. The first-order valence-corrected chi connectivity index (χ1v) is 7.47. The topological polar surface area (TPSA) is 43.8 Å². The molecule has 20 heavy (non-hydrogen) atoms. The fourth-order valence-electron chi connectivity index (χ4n) is 3.39. The van der Waals surface area contributed by atoms with Crippen molar-refractivity contribution in [2.75, 3.05) is 5.73 Å². The number of nitrogens with zero attached hydrogens (tertiary/aromatic N) is 2. The number of hydrogen-bond donors (Lipinski definition) is 1. The Morgan fingerprint density at radius 3 is 2.50 bits per heavy atom. The third kappa shape index (κ3) is 2.11. The fourth-order valence-corrected chi connectivity index (χ4v) is 3.39. The summed E-state index contributed by atoms with van der Waals surface area (Å²) >= 11 is 0. The molecule has 2 unspecified atom stereocenters. The lowest BCUT2D eigenvalue weighted by Crippen LogP contribution is -2.05. The van der Waals surface area contributed by atoms with Crippen molar-refractivity contribution >= 4 is 5.82 Å². The van der Waals surface area contributed by atoms with E-state index in [9.17, 15) is 0 Å². The lowest BCUT2D eigenvalue weighted by Gasteiger charge is -2.15. The molecule has 2 aromatic rings. The predicted molar refractivity (Wildman–Crippen MR) is 83.5 cm³/mol. The molecule has 3 nitrogen and oxygen atoms in total. The Bertz CT molecular complexity index is 610. The molecule has 0 amide bonds. The van der Waals surface area contributed by atoms with Crippen molar-refractivity contribution in [1.82, 2.24) is 9.78 Å². The van der Waals surface area contributed by atoms with Gasteiger partial charge in [-0.05, 0) is 24.8 Å². The molecule has 0 bridgehead atoms. The Balaban J connectivity index is 2.11. The average molecular weight is 269 g/mol. The molecule has 3 heteroatoms. The number of rotatable bonds is 2. The van der Waals surface area contributed by atoms with Gasteiger partial charge in [-0.1, -0.05) is 49.6 Å². The first kappa shape index (κ1) is 13.2. The van der Waals surface area contributed by atoms with E-state index in [2.05, 4.69) is 38.1 Å². The van der Waals surface area contributed by atoms with Crippen molar-refractivity contribution in [3.8, 4) is 11.1 Å². The molecule has 1 aliphatic carbocycles. The number of aryl methyl sites for hydroxylation is 2. The molecule has 0 spiro atoms. The highest BCUT2D eigenvalue weighted by Crippen LogP contribution is 2.44. The summed E-state index contributed by atoms with van der Waals surface area (Å²) in [5.41, 5.74) is 11.1. The maximum atomic E-state index is 6.29. The lowest BCUT2D eigenvalue weighted by molar-refractivity contribution is 0.516. The first-order valence-electron chi connectivity index (χ1n) is 7.47. The highest BCUT2D eigenvalue weighted by Gasteiger charge is 2.31. The van der Waals surface area contributed by atoms with Gasteiger partial charge in [0, 0.05) is 18.5 Å². The van der Waals surface area contributed by atoms with E-state index in [0.717, 1.165) is 11.4 Å². The highest BCUT2D eigenvalue weighted by atomic mass is 15.3. The Hall–Kier alpha value is -1.77. The quantitative estimate of drug-likeness (QED) is 0.899. The monoisotopic (exact) mass is 269 g/mol. The second-order valence-corrected chi connectivity index (χ2v) is 6.15. The molecule has 106 valence electrons. The number of nitrogens with two attached hydrogens (primary N) is 1. The summed E-state index contributed by atoms with van der Waals surface area (Å²) in [7, 11) is 1.94. The van der Waals surface area contributed by atoms with Gasteiger partial charge in [-0.15, -0.1) is 0 Å². The molecule has 2 atom stereocenters. The molecule has 0 radical (unpaired) electrons. The average Bonchev–Trinajstić information content (AvgIpc) is 2.96. The van der Waals surface area contributed by atoms with Gasteiger partial charge in [0.05, 0.1) is 5.69 Å². The van der Waals surface area contributed by atoms with Crippen LogP contribution in [0, 0.1) is 12.8 Å². The van der Waals surface area contributed by atoms with Crippen LogP contribution in [0.25, 0.3) is 11.1 Å². The maximum absolute atomic E-state index is 6.29. The van der Waals surface area contributed by atoms with Gasteiger partial charge in [-0.3, -0.25) is 4.68 Å². The van der Waals surface area contributed by atoms with E-state index >= 15 is 0 Å². The lowest BCUT2D eigenvalue weighted by atomic mass is 9.90. The number of hydrogen-bond acceptors (Lipinski definition) is 2. The molecular formula is C17H23N3. The summed E-state index contributed by atoms with van der Waals surface area (Å²) in [4.78, 5) is 0. The van der Waals surface area contributed by atoms with Crippen LogP contribution in [-0.4, -0.2) is 9.78 Å². The van der Waals surface area contributed by atoms with Gasteiger partial charge in [-0.25, -0.2) is 0 Å². The zero-order valence-corrected chi connectivity index (χ0v) is 12.6. The minimum Gasteiger partial charge on any atom is -0.383 e. The fraction of sp³-hybridized carbons (Fsp3) is 0.471. The van der Waals surface area contributed by atoms with Crippen molar-refractivity contribution in [3.63, 3.8) is 0 Å². The summed E-state index contributed by atoms with van der Waals surface area (Å²) < 4.78 is 1.83. The van der Waals surface area contributed by atoms with Gasteiger partial charge in [0.2, 0.25) is 0 Å².